The Morgan fingerprint density at radius 1 is 1.14 bits per heavy atom. The first kappa shape index (κ1) is 19.4. The standard InChI is InChI=1S/C18H10F3N3O3S2/c19-18(20,21)11-5-3-10(4-6-11)15-22-14(27-23-15)9-24-16(25)13(29-17(24)26)8-12-2-1-7-28-12/h1-8H,9H2/b13-8+. The number of carbonyl (C=O) groups excluding carboxylic acids is 2. The highest BCUT2D eigenvalue weighted by Crippen LogP contribution is 2.34. The van der Waals surface area contributed by atoms with Crippen LogP contribution in [0.25, 0.3) is 17.5 Å². The minimum Gasteiger partial charge on any atom is -0.337 e. The van der Waals surface area contributed by atoms with Crippen molar-refractivity contribution in [2.75, 3.05) is 0 Å². The number of thiophene rings is 1. The zero-order valence-electron chi connectivity index (χ0n) is 14.3. The largest absolute Gasteiger partial charge is 0.416 e. The Labute approximate surface area is 170 Å². The van der Waals surface area contributed by atoms with Gasteiger partial charge in [-0.2, -0.15) is 18.2 Å². The zero-order valence-corrected chi connectivity index (χ0v) is 16.0. The molecule has 0 spiro atoms. The highest BCUT2D eigenvalue weighted by atomic mass is 32.2. The number of hydrogen-bond acceptors (Lipinski definition) is 7. The number of amides is 2. The van der Waals surface area contributed by atoms with Gasteiger partial charge in [-0.25, -0.2) is 0 Å². The molecule has 0 N–H and O–H groups in total. The van der Waals surface area contributed by atoms with Gasteiger partial charge in [0, 0.05) is 10.4 Å². The molecule has 0 atom stereocenters. The summed E-state index contributed by atoms with van der Waals surface area (Å²) in [6.07, 6.45) is -2.81. The molecule has 1 fully saturated rings. The van der Waals surface area contributed by atoms with E-state index in [1.165, 1.54) is 23.5 Å². The summed E-state index contributed by atoms with van der Waals surface area (Å²) in [4.78, 5) is 30.8. The van der Waals surface area contributed by atoms with E-state index in [4.69, 9.17) is 4.52 Å². The summed E-state index contributed by atoms with van der Waals surface area (Å²) in [5, 5.41) is 5.11. The smallest absolute Gasteiger partial charge is 0.337 e. The van der Waals surface area contributed by atoms with Crippen molar-refractivity contribution in [1.29, 1.82) is 0 Å². The summed E-state index contributed by atoms with van der Waals surface area (Å²) < 4.78 is 43.0. The van der Waals surface area contributed by atoms with E-state index in [2.05, 4.69) is 10.1 Å². The summed E-state index contributed by atoms with van der Waals surface area (Å²) in [6.45, 7) is -0.222. The van der Waals surface area contributed by atoms with E-state index in [1.807, 2.05) is 17.5 Å². The first-order chi connectivity index (χ1) is 13.8. The molecule has 29 heavy (non-hydrogen) atoms. The molecule has 1 aliphatic rings. The molecule has 0 aliphatic carbocycles. The van der Waals surface area contributed by atoms with Crippen LogP contribution < -0.4 is 0 Å². The Morgan fingerprint density at radius 3 is 2.55 bits per heavy atom. The monoisotopic (exact) mass is 437 g/mol. The first-order valence-electron chi connectivity index (χ1n) is 8.10. The SMILES string of the molecule is O=C1S/C(=C/c2cccs2)C(=O)N1Cc1nc(-c2ccc(C(F)(F)F)cc2)no1. The van der Waals surface area contributed by atoms with Gasteiger partial charge < -0.3 is 4.52 Å². The van der Waals surface area contributed by atoms with Crippen molar-refractivity contribution in [1.82, 2.24) is 15.0 Å². The number of rotatable bonds is 4. The molecule has 11 heteroatoms. The number of halogens is 3. The van der Waals surface area contributed by atoms with E-state index in [0.29, 0.717) is 10.5 Å². The lowest BCUT2D eigenvalue weighted by atomic mass is 10.1. The van der Waals surface area contributed by atoms with Crippen LogP contribution >= 0.6 is 23.1 Å². The maximum atomic E-state index is 12.7. The minimum absolute atomic E-state index is 0.000397. The lowest BCUT2D eigenvalue weighted by Gasteiger charge is -2.08. The summed E-state index contributed by atoms with van der Waals surface area (Å²) in [6, 6.07) is 7.94. The molecular weight excluding hydrogens is 427 g/mol. The van der Waals surface area contributed by atoms with Crippen LogP contribution in [0, 0.1) is 0 Å². The predicted octanol–water partition coefficient (Wildman–Crippen LogP) is 5.05. The van der Waals surface area contributed by atoms with Gasteiger partial charge >= 0.3 is 6.18 Å². The number of hydrogen-bond donors (Lipinski definition) is 0. The molecule has 1 saturated heterocycles. The van der Waals surface area contributed by atoms with E-state index in [9.17, 15) is 22.8 Å². The molecule has 3 heterocycles. The second-order valence-electron chi connectivity index (χ2n) is 5.87. The number of aromatic nitrogens is 2. The molecule has 0 unspecified atom stereocenters. The molecule has 0 saturated carbocycles. The maximum Gasteiger partial charge on any atom is 0.416 e. The number of thioether (sulfide) groups is 1. The van der Waals surface area contributed by atoms with Crippen molar-refractivity contribution in [3.05, 3.63) is 63.0 Å². The fraction of sp³-hybridized carbons (Fsp3) is 0.111. The van der Waals surface area contributed by atoms with E-state index in [-0.39, 0.29) is 18.3 Å². The molecule has 148 valence electrons. The molecule has 0 bridgehead atoms. The Kier molecular flexibility index (Phi) is 5.01. The van der Waals surface area contributed by atoms with Crippen molar-refractivity contribution in [3.8, 4) is 11.4 Å². The molecule has 3 aromatic rings. The lowest BCUT2D eigenvalue weighted by molar-refractivity contribution is -0.137. The Morgan fingerprint density at radius 2 is 1.90 bits per heavy atom. The molecule has 2 aromatic heterocycles. The van der Waals surface area contributed by atoms with Gasteiger partial charge in [-0.05, 0) is 41.4 Å². The average molecular weight is 437 g/mol. The van der Waals surface area contributed by atoms with Crippen molar-refractivity contribution in [3.63, 3.8) is 0 Å². The number of carbonyl (C=O) groups is 2. The second-order valence-corrected chi connectivity index (χ2v) is 7.84. The third-order valence-corrected chi connectivity index (χ3v) is 5.65. The fourth-order valence-electron chi connectivity index (χ4n) is 2.52. The Hall–Kier alpha value is -2.92. The van der Waals surface area contributed by atoms with E-state index in [0.717, 1.165) is 33.7 Å². The number of imide groups is 1. The van der Waals surface area contributed by atoms with Crippen LogP contribution in [0.15, 0.2) is 51.2 Å². The highest BCUT2D eigenvalue weighted by Gasteiger charge is 2.36. The molecule has 6 nitrogen and oxygen atoms in total. The Balaban J connectivity index is 1.49. The molecule has 4 rings (SSSR count). The van der Waals surface area contributed by atoms with Gasteiger partial charge in [-0.1, -0.05) is 23.4 Å². The predicted molar refractivity (Wildman–Crippen MR) is 101 cm³/mol. The van der Waals surface area contributed by atoms with Gasteiger partial charge in [-0.15, -0.1) is 11.3 Å². The van der Waals surface area contributed by atoms with Gasteiger partial charge in [0.05, 0.1) is 10.5 Å². The number of benzene rings is 1. The topological polar surface area (TPSA) is 76.3 Å². The highest BCUT2D eigenvalue weighted by molar-refractivity contribution is 8.18. The van der Waals surface area contributed by atoms with Crippen molar-refractivity contribution >= 4 is 40.3 Å². The average Bonchev–Trinajstić information content (AvgIpc) is 3.40. The van der Waals surface area contributed by atoms with Crippen LogP contribution in [0.3, 0.4) is 0 Å². The van der Waals surface area contributed by atoms with Crippen molar-refractivity contribution < 1.29 is 27.3 Å². The van der Waals surface area contributed by atoms with Crippen LogP contribution in [0.5, 0.6) is 0 Å². The van der Waals surface area contributed by atoms with Gasteiger partial charge in [0.25, 0.3) is 11.1 Å². The van der Waals surface area contributed by atoms with Crippen LogP contribution in [0.2, 0.25) is 0 Å². The molecule has 0 radical (unpaired) electrons. The van der Waals surface area contributed by atoms with Gasteiger partial charge in [0.1, 0.15) is 6.54 Å². The van der Waals surface area contributed by atoms with Crippen LogP contribution in [0.1, 0.15) is 16.3 Å². The second kappa shape index (κ2) is 7.48. The van der Waals surface area contributed by atoms with Crippen LogP contribution in [-0.4, -0.2) is 26.2 Å². The third kappa shape index (κ3) is 4.10. The molecule has 2 amide bonds. The van der Waals surface area contributed by atoms with Crippen LogP contribution in [-0.2, 0) is 17.5 Å². The first-order valence-corrected chi connectivity index (χ1v) is 9.80. The zero-order chi connectivity index (χ0) is 20.6. The normalized spacial score (nSPS) is 16.2. The molecule has 1 aliphatic heterocycles. The van der Waals surface area contributed by atoms with E-state index < -0.39 is 22.9 Å². The van der Waals surface area contributed by atoms with Gasteiger partial charge in [-0.3, -0.25) is 14.5 Å². The Bertz CT molecular complexity index is 1090. The number of alkyl halides is 3. The maximum absolute atomic E-state index is 12.7. The quantitative estimate of drug-likeness (QED) is 0.532. The lowest BCUT2D eigenvalue weighted by Crippen LogP contribution is -2.27. The van der Waals surface area contributed by atoms with Gasteiger partial charge in [0.15, 0.2) is 0 Å². The summed E-state index contributed by atoms with van der Waals surface area (Å²) in [7, 11) is 0. The summed E-state index contributed by atoms with van der Waals surface area (Å²) in [5.41, 5.74) is -0.472. The fourth-order valence-corrected chi connectivity index (χ4v) is 4.08. The van der Waals surface area contributed by atoms with Crippen molar-refractivity contribution in [2.45, 2.75) is 12.7 Å². The molecular formula is C18H10F3N3O3S2. The number of nitrogens with zero attached hydrogens (tertiary/aromatic N) is 3. The van der Waals surface area contributed by atoms with E-state index >= 15 is 0 Å². The van der Waals surface area contributed by atoms with Gasteiger partial charge in [0.2, 0.25) is 11.7 Å². The van der Waals surface area contributed by atoms with Crippen LogP contribution in [0.4, 0.5) is 18.0 Å². The van der Waals surface area contributed by atoms with Crippen molar-refractivity contribution in [2.24, 2.45) is 0 Å². The third-order valence-electron chi connectivity index (χ3n) is 3.92. The minimum atomic E-state index is -4.44. The molecule has 1 aromatic carbocycles. The van der Waals surface area contributed by atoms with E-state index in [1.54, 1.807) is 6.08 Å². The summed E-state index contributed by atoms with van der Waals surface area (Å²) >= 11 is 2.25. The summed E-state index contributed by atoms with van der Waals surface area (Å²) in [5.74, 6) is -0.405.